The number of rotatable bonds is 7. The third-order valence-electron chi connectivity index (χ3n) is 7.69. The summed E-state index contributed by atoms with van der Waals surface area (Å²) in [6.07, 6.45) is 2.60. The van der Waals surface area contributed by atoms with Crippen LogP contribution in [0.15, 0.2) is 24.4 Å². The highest BCUT2D eigenvalue weighted by Crippen LogP contribution is 2.42. The van der Waals surface area contributed by atoms with Crippen LogP contribution >= 0.6 is 0 Å². The molecule has 11 heteroatoms. The van der Waals surface area contributed by atoms with Crippen LogP contribution in [0, 0.1) is 6.92 Å². The number of nitrogens with one attached hydrogen (secondary N) is 2. The highest BCUT2D eigenvalue weighted by atomic mass is 19.3. The van der Waals surface area contributed by atoms with Gasteiger partial charge >= 0.3 is 0 Å². The largest absolute Gasteiger partial charge is 0.480 e. The van der Waals surface area contributed by atoms with Crippen molar-refractivity contribution in [3.8, 4) is 17.0 Å². The molecule has 1 saturated heterocycles. The number of aromatic nitrogens is 5. The van der Waals surface area contributed by atoms with E-state index in [1.54, 1.807) is 14.0 Å². The van der Waals surface area contributed by atoms with Crippen molar-refractivity contribution in [2.75, 3.05) is 19.0 Å². The average Bonchev–Trinajstić information content (AvgIpc) is 3.54. The zero-order chi connectivity index (χ0) is 25.9. The third-order valence-corrected chi connectivity index (χ3v) is 7.69. The topological polar surface area (TPSA) is 101 Å². The molecule has 1 amide bonds. The number of halogens is 2. The number of amides is 1. The first-order chi connectivity index (χ1) is 17.8. The van der Waals surface area contributed by atoms with E-state index in [0.29, 0.717) is 46.1 Å². The number of H-pyrrole nitrogens is 1. The Kier molecular flexibility index (Phi) is 5.54. The first-order valence-electron chi connectivity index (χ1n) is 12.5. The second-order valence-electron chi connectivity index (χ2n) is 10.2. The van der Waals surface area contributed by atoms with Crippen LogP contribution in [0.3, 0.4) is 0 Å². The highest BCUT2D eigenvalue weighted by Gasteiger charge is 2.48. The van der Waals surface area contributed by atoms with Crippen molar-refractivity contribution < 1.29 is 18.3 Å². The normalized spacial score (nSPS) is 21.8. The van der Waals surface area contributed by atoms with Crippen LogP contribution in [0.4, 0.5) is 14.7 Å². The molecule has 2 aliphatic rings. The quantitative estimate of drug-likeness (QED) is 0.380. The van der Waals surface area contributed by atoms with Crippen molar-refractivity contribution in [1.82, 2.24) is 29.4 Å². The summed E-state index contributed by atoms with van der Waals surface area (Å²) >= 11 is 0. The minimum Gasteiger partial charge on any atom is -0.480 e. The predicted molar refractivity (Wildman–Crippen MR) is 136 cm³/mol. The maximum Gasteiger partial charge on any atom is 0.256 e. The Morgan fingerprint density at radius 1 is 1.27 bits per heavy atom. The van der Waals surface area contributed by atoms with Gasteiger partial charge in [-0.05, 0) is 50.8 Å². The molecule has 0 atom stereocenters. The molecule has 3 aromatic heterocycles. The number of alkyl halides is 2. The zero-order valence-corrected chi connectivity index (χ0v) is 21.0. The number of nitrogens with zero attached hydrogens (tertiary/aromatic N) is 5. The van der Waals surface area contributed by atoms with Gasteiger partial charge in [-0.1, -0.05) is 6.07 Å². The molecule has 4 heterocycles. The summed E-state index contributed by atoms with van der Waals surface area (Å²) in [5.74, 6) is 1.66. The van der Waals surface area contributed by atoms with Crippen LogP contribution in [0.25, 0.3) is 33.2 Å². The van der Waals surface area contributed by atoms with E-state index < -0.39 is 13.0 Å². The van der Waals surface area contributed by atoms with Crippen molar-refractivity contribution in [2.45, 2.75) is 64.1 Å². The molecular weight excluding hydrogens is 480 g/mol. The van der Waals surface area contributed by atoms with Gasteiger partial charge in [0.05, 0.1) is 30.1 Å². The van der Waals surface area contributed by atoms with E-state index in [2.05, 4.69) is 32.2 Å². The number of fused-ring (bicyclic) bond motifs is 2. The number of hydrogen-bond donors (Lipinski definition) is 2. The van der Waals surface area contributed by atoms with Gasteiger partial charge in [-0.2, -0.15) is 9.97 Å². The monoisotopic (exact) mass is 509 g/mol. The lowest BCUT2D eigenvalue weighted by Crippen LogP contribution is -2.59. The average molecular weight is 510 g/mol. The van der Waals surface area contributed by atoms with Crippen molar-refractivity contribution in [3.63, 3.8) is 0 Å². The summed E-state index contributed by atoms with van der Waals surface area (Å²) in [4.78, 5) is 31.1. The van der Waals surface area contributed by atoms with E-state index in [0.717, 1.165) is 36.9 Å². The number of carbonyl (C=O) groups is 1. The maximum atomic E-state index is 13.2. The Hall–Kier alpha value is -3.76. The Balaban J connectivity index is 1.29. The first-order valence-corrected chi connectivity index (χ1v) is 12.5. The number of aryl methyl sites for hydroxylation is 1. The van der Waals surface area contributed by atoms with Crippen molar-refractivity contribution in [3.05, 3.63) is 30.2 Å². The van der Waals surface area contributed by atoms with E-state index in [4.69, 9.17) is 4.74 Å². The molecule has 1 aromatic carbocycles. The molecule has 1 saturated carbocycles. The van der Waals surface area contributed by atoms with Crippen LogP contribution in [0.5, 0.6) is 5.88 Å². The number of benzene rings is 1. The molecule has 1 aliphatic heterocycles. The lowest BCUT2D eigenvalue weighted by atomic mass is 9.73. The van der Waals surface area contributed by atoms with Gasteiger partial charge in [-0.25, -0.2) is 13.8 Å². The molecule has 0 unspecified atom stereocenters. The molecule has 37 heavy (non-hydrogen) atoms. The van der Waals surface area contributed by atoms with Gasteiger partial charge in [0, 0.05) is 36.3 Å². The fourth-order valence-corrected chi connectivity index (χ4v) is 5.95. The van der Waals surface area contributed by atoms with Crippen LogP contribution < -0.4 is 10.1 Å². The van der Waals surface area contributed by atoms with Gasteiger partial charge in [-0.15, -0.1) is 0 Å². The van der Waals surface area contributed by atoms with E-state index in [9.17, 15) is 13.6 Å². The molecule has 6 rings (SSSR count). The van der Waals surface area contributed by atoms with E-state index in [1.165, 1.54) is 4.57 Å². The van der Waals surface area contributed by atoms with E-state index >= 15 is 0 Å². The standard InChI is InChI=1S/C26H29F2N7O2/c1-14-30-18-7-6-15(9-19(18)34(14)13-20(27)28)17-12-29-23-22(17)24(37-3)33-25(32-23)31-16-10-26(2,11-16)35-8-4-5-21(35)36/h6-7,9,12,16,20H,4-5,8,10-11,13H2,1-3H3,(H2,29,31,32,33)/t16-,26+. The SMILES string of the molecule is COc1nc(N[C@H]2C[C@@](C)(N3CCCC3=O)C2)nc2[nH]cc(-c3ccc4nc(C)n(CC(F)F)c4c3)c12. The lowest BCUT2D eigenvalue weighted by Gasteiger charge is -2.51. The minimum atomic E-state index is -2.48. The number of carbonyl (C=O) groups excluding carboxylic acids is 1. The summed E-state index contributed by atoms with van der Waals surface area (Å²) in [5.41, 5.74) is 3.44. The van der Waals surface area contributed by atoms with Crippen LogP contribution in [0.1, 0.15) is 38.4 Å². The predicted octanol–water partition coefficient (Wildman–Crippen LogP) is 4.51. The molecule has 1 aliphatic carbocycles. The number of imidazole rings is 1. The summed E-state index contributed by atoms with van der Waals surface area (Å²) in [6.45, 7) is 4.29. The molecule has 4 aromatic rings. The van der Waals surface area contributed by atoms with Crippen molar-refractivity contribution in [2.24, 2.45) is 0 Å². The number of anilines is 1. The molecular formula is C26H29F2N7O2. The van der Waals surface area contributed by atoms with E-state index in [1.807, 2.05) is 29.3 Å². The van der Waals surface area contributed by atoms with Gasteiger partial charge in [-0.3, -0.25) is 4.79 Å². The maximum absolute atomic E-state index is 13.2. The minimum absolute atomic E-state index is 0.118. The van der Waals surface area contributed by atoms with Crippen LogP contribution in [-0.4, -0.2) is 67.0 Å². The van der Waals surface area contributed by atoms with Crippen molar-refractivity contribution >= 4 is 33.9 Å². The Morgan fingerprint density at radius 3 is 2.78 bits per heavy atom. The molecule has 0 bridgehead atoms. The first kappa shape index (κ1) is 23.6. The fourth-order valence-electron chi connectivity index (χ4n) is 5.95. The van der Waals surface area contributed by atoms with Gasteiger partial charge in [0.2, 0.25) is 17.7 Å². The summed E-state index contributed by atoms with van der Waals surface area (Å²) in [7, 11) is 1.56. The summed E-state index contributed by atoms with van der Waals surface area (Å²) in [5, 5.41) is 4.11. The van der Waals surface area contributed by atoms with Gasteiger partial charge in [0.1, 0.15) is 11.5 Å². The Bertz CT molecular complexity index is 1510. The lowest BCUT2D eigenvalue weighted by molar-refractivity contribution is -0.136. The summed E-state index contributed by atoms with van der Waals surface area (Å²) < 4.78 is 33.5. The Labute approximate surface area is 212 Å². The molecule has 2 fully saturated rings. The molecule has 2 N–H and O–H groups in total. The second-order valence-corrected chi connectivity index (χ2v) is 10.2. The smallest absolute Gasteiger partial charge is 0.256 e. The molecule has 0 radical (unpaired) electrons. The highest BCUT2D eigenvalue weighted by molar-refractivity contribution is 5.99. The van der Waals surface area contributed by atoms with Gasteiger partial charge in [0.25, 0.3) is 6.43 Å². The number of methoxy groups -OCH3 is 1. The molecule has 0 spiro atoms. The second kappa shape index (κ2) is 8.67. The van der Waals surface area contributed by atoms with E-state index in [-0.39, 0.29) is 17.5 Å². The number of aromatic amines is 1. The fraction of sp³-hybridized carbons (Fsp3) is 0.462. The van der Waals surface area contributed by atoms with Gasteiger partial charge in [0.15, 0.2) is 0 Å². The molecule has 9 nitrogen and oxygen atoms in total. The number of hydrogen-bond acceptors (Lipinski definition) is 6. The number of ether oxygens (including phenoxy) is 1. The van der Waals surface area contributed by atoms with Crippen LogP contribution in [-0.2, 0) is 11.3 Å². The summed E-state index contributed by atoms with van der Waals surface area (Å²) in [6, 6.07) is 5.77. The third kappa shape index (κ3) is 3.96. The van der Waals surface area contributed by atoms with Gasteiger partial charge < -0.3 is 24.5 Å². The number of likely N-dealkylation sites (tertiary alicyclic amines) is 1. The Morgan fingerprint density at radius 2 is 2.08 bits per heavy atom. The van der Waals surface area contributed by atoms with Crippen LogP contribution in [0.2, 0.25) is 0 Å². The van der Waals surface area contributed by atoms with Crippen molar-refractivity contribution in [1.29, 1.82) is 0 Å². The molecule has 194 valence electrons. The zero-order valence-electron chi connectivity index (χ0n) is 21.0.